The third-order valence-electron chi connectivity index (χ3n) is 3.86. The molecule has 1 aromatic rings. The maximum Gasteiger partial charge on any atom is 0.256 e. The van der Waals surface area contributed by atoms with Crippen LogP contribution >= 0.6 is 0 Å². The zero-order valence-corrected chi connectivity index (χ0v) is 12.6. The van der Waals surface area contributed by atoms with Gasteiger partial charge in [-0.05, 0) is 26.5 Å². The molecule has 0 saturated carbocycles. The summed E-state index contributed by atoms with van der Waals surface area (Å²) in [5.41, 5.74) is 1.57. The van der Waals surface area contributed by atoms with Crippen molar-refractivity contribution in [1.29, 1.82) is 0 Å². The van der Waals surface area contributed by atoms with Crippen molar-refractivity contribution >= 4 is 11.6 Å². The molecule has 5 heteroatoms. The Bertz CT molecular complexity index is 463. The minimum Gasteiger partial charge on any atom is -0.383 e. The quantitative estimate of drug-likeness (QED) is 0.909. The van der Waals surface area contributed by atoms with Crippen LogP contribution in [-0.4, -0.2) is 60.0 Å². The average Bonchev–Trinajstić information content (AvgIpc) is 2.47. The molecule has 5 nitrogen and oxygen atoms in total. The minimum atomic E-state index is 0.103. The fraction of sp³-hybridized carbons (Fsp3) is 0.600. The summed E-state index contributed by atoms with van der Waals surface area (Å²) >= 11 is 0. The molecule has 20 heavy (non-hydrogen) atoms. The molecule has 1 N–H and O–H groups in total. The Morgan fingerprint density at radius 2 is 2.30 bits per heavy atom. The molecule has 2 heterocycles. The molecule has 1 atom stereocenters. The SMILES string of the molecule is CCCNc1cnccc1C(=O)N1CCN(C)C(C)C1. The number of nitrogens with zero attached hydrogens (tertiary/aromatic N) is 3. The van der Waals surface area contributed by atoms with E-state index in [4.69, 9.17) is 0 Å². The molecule has 0 radical (unpaired) electrons. The number of rotatable bonds is 4. The van der Waals surface area contributed by atoms with Gasteiger partial charge in [0.25, 0.3) is 5.91 Å². The second-order valence-corrected chi connectivity index (χ2v) is 5.43. The number of piperazine rings is 1. The number of aromatic nitrogens is 1. The van der Waals surface area contributed by atoms with Gasteiger partial charge >= 0.3 is 0 Å². The van der Waals surface area contributed by atoms with E-state index < -0.39 is 0 Å². The average molecular weight is 276 g/mol. The number of carbonyl (C=O) groups is 1. The van der Waals surface area contributed by atoms with Crippen molar-refractivity contribution in [2.24, 2.45) is 0 Å². The standard InChI is InChI=1S/C15H24N4O/c1-4-6-17-14-10-16-7-5-13(14)15(20)19-9-8-18(3)12(2)11-19/h5,7,10,12,17H,4,6,8-9,11H2,1-3H3. The number of likely N-dealkylation sites (N-methyl/N-ethyl adjacent to an activating group) is 1. The Kier molecular flexibility index (Phi) is 4.95. The first-order valence-corrected chi connectivity index (χ1v) is 7.31. The summed E-state index contributed by atoms with van der Waals surface area (Å²) in [5, 5.41) is 3.28. The Morgan fingerprint density at radius 3 is 3.00 bits per heavy atom. The summed E-state index contributed by atoms with van der Waals surface area (Å²) in [5.74, 6) is 0.103. The van der Waals surface area contributed by atoms with Gasteiger partial charge in [-0.25, -0.2) is 0 Å². The van der Waals surface area contributed by atoms with Crippen LogP contribution in [0.15, 0.2) is 18.5 Å². The van der Waals surface area contributed by atoms with Crippen LogP contribution < -0.4 is 5.32 Å². The van der Waals surface area contributed by atoms with Gasteiger partial charge in [-0.2, -0.15) is 0 Å². The van der Waals surface area contributed by atoms with Crippen molar-refractivity contribution in [1.82, 2.24) is 14.8 Å². The summed E-state index contributed by atoms with van der Waals surface area (Å²) in [7, 11) is 2.10. The van der Waals surface area contributed by atoms with E-state index >= 15 is 0 Å². The fourth-order valence-corrected chi connectivity index (χ4v) is 2.38. The number of nitrogens with one attached hydrogen (secondary N) is 1. The molecule has 1 aliphatic rings. The third kappa shape index (κ3) is 3.28. The van der Waals surface area contributed by atoms with Gasteiger partial charge in [0.1, 0.15) is 0 Å². The number of anilines is 1. The summed E-state index contributed by atoms with van der Waals surface area (Å²) in [4.78, 5) is 21.0. The van der Waals surface area contributed by atoms with E-state index in [1.54, 1.807) is 12.4 Å². The normalized spacial score (nSPS) is 19.9. The maximum absolute atomic E-state index is 12.7. The van der Waals surface area contributed by atoms with Crippen LogP contribution in [0, 0.1) is 0 Å². The lowest BCUT2D eigenvalue weighted by Gasteiger charge is -2.37. The van der Waals surface area contributed by atoms with Gasteiger partial charge < -0.3 is 15.1 Å². The van der Waals surface area contributed by atoms with Gasteiger partial charge in [-0.1, -0.05) is 6.92 Å². The van der Waals surface area contributed by atoms with Crippen LogP contribution in [0.1, 0.15) is 30.6 Å². The molecule has 1 unspecified atom stereocenters. The Balaban J connectivity index is 2.12. The number of amides is 1. The Labute approximate surface area is 121 Å². The van der Waals surface area contributed by atoms with Crippen molar-refractivity contribution in [3.05, 3.63) is 24.0 Å². The van der Waals surface area contributed by atoms with Crippen molar-refractivity contribution < 1.29 is 4.79 Å². The molecule has 1 saturated heterocycles. The van der Waals surface area contributed by atoms with Crippen LogP contribution in [0.2, 0.25) is 0 Å². The van der Waals surface area contributed by atoms with Crippen LogP contribution in [0.3, 0.4) is 0 Å². The van der Waals surface area contributed by atoms with Crippen molar-refractivity contribution in [3.8, 4) is 0 Å². The van der Waals surface area contributed by atoms with E-state index in [9.17, 15) is 4.79 Å². The number of hydrogen-bond acceptors (Lipinski definition) is 4. The molecule has 0 bridgehead atoms. The molecule has 1 amide bonds. The highest BCUT2D eigenvalue weighted by molar-refractivity contribution is 5.99. The van der Waals surface area contributed by atoms with Gasteiger partial charge in [-0.3, -0.25) is 9.78 Å². The van der Waals surface area contributed by atoms with Gasteiger partial charge in [0.15, 0.2) is 0 Å². The maximum atomic E-state index is 12.7. The van der Waals surface area contributed by atoms with Crippen molar-refractivity contribution in [3.63, 3.8) is 0 Å². The molecule has 1 fully saturated rings. The van der Waals surface area contributed by atoms with Crippen molar-refractivity contribution in [2.75, 3.05) is 38.5 Å². The zero-order valence-electron chi connectivity index (χ0n) is 12.6. The van der Waals surface area contributed by atoms with Gasteiger partial charge in [0, 0.05) is 38.4 Å². The first-order chi connectivity index (χ1) is 9.63. The van der Waals surface area contributed by atoms with E-state index in [1.165, 1.54) is 0 Å². The molecular weight excluding hydrogens is 252 g/mol. The molecule has 1 aromatic heterocycles. The van der Waals surface area contributed by atoms with Crippen LogP contribution in [0.5, 0.6) is 0 Å². The molecular formula is C15H24N4O. The third-order valence-corrected chi connectivity index (χ3v) is 3.86. The smallest absolute Gasteiger partial charge is 0.256 e. The molecule has 1 aliphatic heterocycles. The first-order valence-electron chi connectivity index (χ1n) is 7.31. The van der Waals surface area contributed by atoms with Crippen LogP contribution in [0.25, 0.3) is 0 Å². The van der Waals surface area contributed by atoms with Gasteiger partial charge in [0.05, 0.1) is 17.4 Å². The lowest BCUT2D eigenvalue weighted by Crippen LogP contribution is -2.52. The molecule has 2 rings (SSSR count). The van der Waals surface area contributed by atoms with E-state index in [1.807, 2.05) is 11.0 Å². The summed E-state index contributed by atoms with van der Waals surface area (Å²) in [6.07, 6.45) is 4.44. The highest BCUT2D eigenvalue weighted by atomic mass is 16.2. The van der Waals surface area contributed by atoms with Gasteiger partial charge in [0.2, 0.25) is 0 Å². The van der Waals surface area contributed by atoms with E-state index in [0.717, 1.165) is 43.9 Å². The lowest BCUT2D eigenvalue weighted by molar-refractivity contribution is 0.0573. The van der Waals surface area contributed by atoms with E-state index in [0.29, 0.717) is 6.04 Å². The van der Waals surface area contributed by atoms with E-state index in [-0.39, 0.29) is 5.91 Å². The second kappa shape index (κ2) is 6.70. The molecule has 0 aliphatic carbocycles. The molecule has 110 valence electrons. The highest BCUT2D eigenvalue weighted by Crippen LogP contribution is 2.18. The predicted octanol–water partition coefficient (Wildman–Crippen LogP) is 1.68. The monoisotopic (exact) mass is 276 g/mol. The number of carbonyl (C=O) groups excluding carboxylic acids is 1. The Hall–Kier alpha value is -1.62. The summed E-state index contributed by atoms with van der Waals surface area (Å²) in [6, 6.07) is 2.21. The lowest BCUT2D eigenvalue weighted by atomic mass is 10.1. The Morgan fingerprint density at radius 1 is 1.50 bits per heavy atom. The predicted molar refractivity (Wildman–Crippen MR) is 81.0 cm³/mol. The van der Waals surface area contributed by atoms with Crippen LogP contribution in [-0.2, 0) is 0 Å². The highest BCUT2D eigenvalue weighted by Gasteiger charge is 2.26. The zero-order chi connectivity index (χ0) is 14.5. The summed E-state index contributed by atoms with van der Waals surface area (Å²) < 4.78 is 0. The number of pyridine rings is 1. The first kappa shape index (κ1) is 14.8. The number of hydrogen-bond donors (Lipinski definition) is 1. The van der Waals surface area contributed by atoms with E-state index in [2.05, 4.69) is 36.1 Å². The second-order valence-electron chi connectivity index (χ2n) is 5.43. The minimum absolute atomic E-state index is 0.103. The molecule has 0 aromatic carbocycles. The van der Waals surface area contributed by atoms with Gasteiger partial charge in [-0.15, -0.1) is 0 Å². The van der Waals surface area contributed by atoms with Crippen LogP contribution in [0.4, 0.5) is 5.69 Å². The largest absolute Gasteiger partial charge is 0.383 e. The van der Waals surface area contributed by atoms with Crippen molar-refractivity contribution in [2.45, 2.75) is 26.3 Å². The topological polar surface area (TPSA) is 48.5 Å². The summed E-state index contributed by atoms with van der Waals surface area (Å²) in [6.45, 7) is 7.61. The fourth-order valence-electron chi connectivity index (χ4n) is 2.38. The molecule has 0 spiro atoms.